The van der Waals surface area contributed by atoms with Gasteiger partial charge < -0.3 is 78.4 Å². The molecule has 3 aromatic rings. The number of carboxylic acid groups (broad SMARTS) is 1. The van der Waals surface area contributed by atoms with E-state index in [1.165, 1.54) is 72.8 Å². The van der Waals surface area contributed by atoms with Crippen LogP contribution in [0.2, 0.25) is 0 Å². The Morgan fingerprint density at radius 2 is 0.754 bits per heavy atom. The minimum atomic E-state index is -0.962. The molecule has 2 saturated heterocycles. The molecule has 8 aliphatic rings. The van der Waals surface area contributed by atoms with Gasteiger partial charge in [0.15, 0.2) is 32.4 Å². The van der Waals surface area contributed by atoms with Gasteiger partial charge in [-0.2, -0.15) is 0 Å². The summed E-state index contributed by atoms with van der Waals surface area (Å²) in [7, 11) is 1.00. The number of fused-ring (bicyclic) bond motifs is 6. The van der Waals surface area contributed by atoms with Crippen molar-refractivity contribution in [3.05, 3.63) is 88.0 Å². The van der Waals surface area contributed by atoms with Gasteiger partial charge >= 0.3 is 17.9 Å². The van der Waals surface area contributed by atoms with Gasteiger partial charge in [0.2, 0.25) is 0 Å². The molecule has 19 heteroatoms. The van der Waals surface area contributed by atoms with Crippen LogP contribution in [-0.4, -0.2) is 160 Å². The first-order valence-electron chi connectivity index (χ1n) is 44.9. The van der Waals surface area contributed by atoms with Gasteiger partial charge in [-0.05, 0) is 299 Å². The molecule has 7 N–H and O–H groups in total. The molecular formula is C95H154O19. The molecule has 0 spiro atoms. The van der Waals surface area contributed by atoms with E-state index in [0.717, 1.165) is 211 Å². The van der Waals surface area contributed by atoms with E-state index in [0.29, 0.717) is 60.0 Å². The van der Waals surface area contributed by atoms with E-state index in [1.54, 1.807) is 6.92 Å². The second-order valence-electron chi connectivity index (χ2n) is 36.4. The molecule has 3 aromatic carbocycles. The molecule has 6 aliphatic carbocycles. The Morgan fingerprint density at radius 1 is 0.430 bits per heavy atom. The molecule has 0 aromatic heterocycles. The Kier molecular flexibility index (Phi) is 41.3. The van der Waals surface area contributed by atoms with Crippen LogP contribution in [-0.2, 0) is 81.3 Å². The predicted octanol–water partition coefficient (Wildman–Crippen LogP) is 17.9. The van der Waals surface area contributed by atoms with Crippen molar-refractivity contribution in [3.63, 3.8) is 0 Å². The highest BCUT2D eigenvalue weighted by Gasteiger charge is 2.49. The van der Waals surface area contributed by atoms with E-state index in [2.05, 4.69) is 39.0 Å². The van der Waals surface area contributed by atoms with Crippen LogP contribution in [0.15, 0.2) is 54.6 Å². The highest BCUT2D eigenvalue weighted by atomic mass is 16.7. The van der Waals surface area contributed by atoms with Gasteiger partial charge in [-0.15, -0.1) is 0 Å². The summed E-state index contributed by atoms with van der Waals surface area (Å²) in [6.07, 6.45) is 34.4. The van der Waals surface area contributed by atoms with Crippen molar-refractivity contribution in [1.82, 2.24) is 0 Å². The number of hydrogen-bond donors (Lipinski definition) is 7. The lowest BCUT2D eigenvalue weighted by Gasteiger charge is -2.30. The zero-order valence-electron chi connectivity index (χ0n) is 72.5. The minimum Gasteiger partial charge on any atom is -0.482 e. The number of carbonyl (C=O) groups is 3. The molecule has 5 unspecified atom stereocenters. The summed E-state index contributed by atoms with van der Waals surface area (Å²) in [6.45, 7) is 25.5. The highest BCUT2D eigenvalue weighted by molar-refractivity contribution is 5.72. The maximum Gasteiger partial charge on any atom is 0.344 e. The number of carboxylic acids is 1. The molecule has 114 heavy (non-hydrogen) atoms. The van der Waals surface area contributed by atoms with Crippen LogP contribution in [0.25, 0.3) is 0 Å². The first-order chi connectivity index (χ1) is 54.6. The van der Waals surface area contributed by atoms with Gasteiger partial charge in [-0.25, -0.2) is 14.4 Å². The van der Waals surface area contributed by atoms with E-state index in [1.807, 2.05) is 91.8 Å². The van der Waals surface area contributed by atoms with E-state index < -0.39 is 22.8 Å². The topological polar surface area (TPSA) is 276 Å². The Balaban J connectivity index is 0.000000226. The molecule has 0 radical (unpaired) electrons. The van der Waals surface area contributed by atoms with Crippen molar-refractivity contribution in [2.75, 3.05) is 40.1 Å². The molecule has 0 bridgehead atoms. The molecule has 648 valence electrons. The van der Waals surface area contributed by atoms with Crippen LogP contribution in [0.5, 0.6) is 17.2 Å². The molecule has 0 amide bonds. The molecular weight excluding hydrogens is 1450 g/mol. The van der Waals surface area contributed by atoms with E-state index >= 15 is 0 Å². The van der Waals surface area contributed by atoms with Crippen molar-refractivity contribution in [1.29, 1.82) is 0 Å². The van der Waals surface area contributed by atoms with Crippen molar-refractivity contribution < 1.29 is 92.8 Å². The quantitative estimate of drug-likeness (QED) is 0.0206. The zero-order valence-corrected chi connectivity index (χ0v) is 72.5. The number of aliphatic hydroxyl groups excluding tert-OH is 3. The molecule has 3 saturated carbocycles. The number of rotatable bonds is 39. The Labute approximate surface area is 686 Å². The monoisotopic (exact) mass is 1600 g/mol. The Bertz CT molecular complexity index is 3250. The third-order valence-electron chi connectivity index (χ3n) is 26.1. The van der Waals surface area contributed by atoms with E-state index in [4.69, 9.17) is 58.0 Å². The van der Waals surface area contributed by atoms with Crippen LogP contribution in [0.3, 0.4) is 0 Å². The molecule has 5 fully saturated rings. The fourth-order valence-corrected chi connectivity index (χ4v) is 18.5. The summed E-state index contributed by atoms with van der Waals surface area (Å²) in [6, 6.07) is 18.2. The lowest BCUT2D eigenvalue weighted by Crippen LogP contribution is -2.31. The van der Waals surface area contributed by atoms with Crippen LogP contribution >= 0.6 is 0 Å². The van der Waals surface area contributed by atoms with Crippen LogP contribution < -0.4 is 14.2 Å². The second kappa shape index (κ2) is 49.0. The predicted molar refractivity (Wildman–Crippen MR) is 448 cm³/mol. The fraction of sp³-hybridized carbons (Fsp3) is 0.779. The fourth-order valence-electron chi connectivity index (χ4n) is 18.5. The highest BCUT2D eigenvalue weighted by Crippen LogP contribution is 2.53. The van der Waals surface area contributed by atoms with Crippen LogP contribution in [0.1, 0.15) is 309 Å². The van der Waals surface area contributed by atoms with Crippen LogP contribution in [0, 0.1) is 53.3 Å². The Morgan fingerprint density at radius 3 is 1.06 bits per heavy atom. The number of aliphatic carboxylic acids is 1. The first kappa shape index (κ1) is 96.2. The number of unbranched alkanes of at least 4 members (excludes halogenated alkanes) is 6. The molecule has 11 rings (SSSR count). The summed E-state index contributed by atoms with van der Waals surface area (Å²) in [5.74, 6) is 4.23. The SMILES string of the molecule is CC(C)C(C)O.CCCCC[C@@H](O)CC[C@]1(O)C[C@H]2Cc3cccc(OCC(=O)OC(C)C(C)C)c3C[C@H]2C1.CCCCC[C@H](CC[C@]1(O)C[C@H]2Cc3cccc(OCC(=O)O)c3C[C@H]2C1)OC1CCCCO1.CCCCC[C@H](CC[C@]1(O)C[C@H]2Cc3cccc(OCC(=O)OC(C)C(C)C)c3C[C@H]2C1)OC1CCCCO1.CO. The summed E-state index contributed by atoms with van der Waals surface area (Å²) in [4.78, 5) is 35.4. The van der Waals surface area contributed by atoms with Crippen molar-refractivity contribution >= 4 is 17.9 Å². The number of ether oxygens (including phenoxy) is 9. The summed E-state index contributed by atoms with van der Waals surface area (Å²) in [5, 5.41) is 69.5. The summed E-state index contributed by atoms with van der Waals surface area (Å²) < 4.78 is 52.9. The van der Waals surface area contributed by atoms with E-state index in [-0.39, 0.29) is 92.8 Å². The van der Waals surface area contributed by atoms with Crippen molar-refractivity contribution in [3.8, 4) is 17.2 Å². The van der Waals surface area contributed by atoms with Crippen molar-refractivity contribution in [2.24, 2.45) is 53.3 Å². The second-order valence-corrected chi connectivity index (χ2v) is 36.4. The minimum absolute atomic E-state index is 0.0737. The van der Waals surface area contributed by atoms with Gasteiger partial charge in [0.05, 0.1) is 41.2 Å². The number of aliphatic hydroxyl groups is 6. The molecule has 19 nitrogen and oxygen atoms in total. The molecule has 2 heterocycles. The number of benzene rings is 3. The third-order valence-corrected chi connectivity index (χ3v) is 26.1. The maximum absolute atomic E-state index is 12.3. The average molecular weight is 1600 g/mol. The van der Waals surface area contributed by atoms with E-state index in [9.17, 15) is 34.8 Å². The van der Waals surface area contributed by atoms with Gasteiger partial charge in [0.25, 0.3) is 0 Å². The number of esters is 2. The maximum atomic E-state index is 12.3. The summed E-state index contributed by atoms with van der Waals surface area (Å²) in [5.41, 5.74) is 5.32. The molecule has 17 atom stereocenters. The van der Waals surface area contributed by atoms with Gasteiger partial charge in [-0.1, -0.05) is 156 Å². The summed E-state index contributed by atoms with van der Waals surface area (Å²) >= 11 is 0. The van der Waals surface area contributed by atoms with Crippen LogP contribution in [0.4, 0.5) is 0 Å². The lowest BCUT2D eigenvalue weighted by molar-refractivity contribution is -0.193. The largest absolute Gasteiger partial charge is 0.482 e. The standard InChI is InChI=1S/C33H52O6.C28H42O6.C28H44O5.C5H12O.CH4O/c1-5-6-7-12-28(39-32-14-8-9-17-36-32)15-16-33(35)20-26-18-25-11-10-13-30(29(25)19-27(26)21-33)37-22-31(34)38-24(4)23(2)3;1-2-3-4-9-23(34-27-11-5-6-14-32-27)12-13-28(31)17-21-15-20-8-7-10-25(33-19-26(29)30)24(20)16-22(21)18-28;1-5-6-7-10-24(29)12-13-28(31)16-22-14-21-9-8-11-26(25(21)15-23(22)17-28)32-18-27(30)33-20(4)19(2)3;1-4(2)5(3)6;1-2/h10-11,13,23-24,26-28,32,35H,5-9,12,14-22H2,1-4H3;7-8,10,21-23,27,31H,2-6,9,11-19H2,1H3,(H,29,30);8-9,11,19-20,22-24,29,31H,5-7,10,12-18H2,1-4H3;4-6H,1-3H3;2H,1H3/t24?,26-,27+,28-,32?,33+;21-,22+,23-,27?,28+;20?,22-,23+,24-,28+;;/m111../s1. The Hall–Kier alpha value is -4.93. The molecule has 2 aliphatic heterocycles. The average Bonchev–Trinajstić information content (AvgIpc) is 1.62. The third kappa shape index (κ3) is 31.7. The zero-order chi connectivity index (χ0) is 83.0. The van der Waals surface area contributed by atoms with Gasteiger partial charge in [-0.3, -0.25) is 0 Å². The lowest BCUT2D eigenvalue weighted by atomic mass is 9.77. The van der Waals surface area contributed by atoms with Crippen molar-refractivity contribution in [2.45, 2.75) is 380 Å². The normalized spacial score (nSPS) is 26.7. The smallest absolute Gasteiger partial charge is 0.344 e. The first-order valence-corrected chi connectivity index (χ1v) is 44.9. The number of hydrogen-bond acceptors (Lipinski definition) is 18. The number of carbonyl (C=O) groups excluding carboxylic acids is 2. The van der Waals surface area contributed by atoms with Gasteiger partial charge in [0, 0.05) is 20.3 Å². The van der Waals surface area contributed by atoms with Gasteiger partial charge in [0.1, 0.15) is 29.5 Å².